The van der Waals surface area contributed by atoms with Crippen LogP contribution in [0, 0.1) is 0 Å². The number of nitrogens with zero attached hydrogens (tertiary/aromatic N) is 3. The third kappa shape index (κ3) is 2.30. The van der Waals surface area contributed by atoms with Crippen molar-refractivity contribution in [1.29, 1.82) is 0 Å². The third-order valence-electron chi connectivity index (χ3n) is 2.52. The largest absolute Gasteiger partial charge is 0.382 e. The Kier molecular flexibility index (Phi) is 3.24. The molecule has 1 aromatic carbocycles. The van der Waals surface area contributed by atoms with Crippen molar-refractivity contribution in [2.75, 3.05) is 11.5 Å². The van der Waals surface area contributed by atoms with Gasteiger partial charge in [-0.1, -0.05) is 19.1 Å². The van der Waals surface area contributed by atoms with Gasteiger partial charge in [0.05, 0.1) is 10.6 Å². The Morgan fingerprint density at radius 3 is 2.44 bits per heavy atom. The zero-order chi connectivity index (χ0) is 13.2. The highest BCUT2D eigenvalue weighted by atomic mass is 32.2. The molecule has 0 amide bonds. The van der Waals surface area contributed by atoms with E-state index in [2.05, 4.69) is 15.2 Å². The molecule has 0 saturated heterocycles. The molecule has 0 unspecified atom stereocenters. The van der Waals surface area contributed by atoms with Crippen LogP contribution in [0.5, 0.6) is 0 Å². The second kappa shape index (κ2) is 4.69. The summed E-state index contributed by atoms with van der Waals surface area (Å²) in [6.07, 6.45) is 1.26. The van der Waals surface area contributed by atoms with Gasteiger partial charge in [-0.15, -0.1) is 10.2 Å². The summed E-state index contributed by atoms with van der Waals surface area (Å²) >= 11 is 0. The van der Waals surface area contributed by atoms with Crippen LogP contribution in [-0.4, -0.2) is 29.4 Å². The van der Waals surface area contributed by atoms with Gasteiger partial charge in [0.15, 0.2) is 15.7 Å². The highest BCUT2D eigenvalue weighted by Gasteiger charge is 2.12. The van der Waals surface area contributed by atoms with Crippen molar-refractivity contribution in [3.8, 4) is 11.3 Å². The topological polar surface area (TPSA) is 98.8 Å². The van der Waals surface area contributed by atoms with E-state index in [9.17, 15) is 8.42 Å². The van der Waals surface area contributed by atoms with Crippen molar-refractivity contribution in [2.24, 2.45) is 0 Å². The predicted octanol–water partition coefficient (Wildman–Crippen LogP) is 0.914. The summed E-state index contributed by atoms with van der Waals surface area (Å²) in [4.78, 5) is 4.11. The summed E-state index contributed by atoms with van der Waals surface area (Å²) in [5, 5.41) is 7.52. The minimum atomic E-state index is -3.19. The van der Waals surface area contributed by atoms with Crippen LogP contribution in [0.3, 0.4) is 0 Å². The van der Waals surface area contributed by atoms with Crippen LogP contribution < -0.4 is 5.73 Å². The molecule has 0 aliphatic heterocycles. The third-order valence-corrected chi connectivity index (χ3v) is 4.27. The van der Waals surface area contributed by atoms with E-state index in [1.165, 1.54) is 18.5 Å². The average molecular weight is 264 g/mol. The zero-order valence-electron chi connectivity index (χ0n) is 9.74. The van der Waals surface area contributed by atoms with Crippen molar-refractivity contribution in [2.45, 2.75) is 11.8 Å². The van der Waals surface area contributed by atoms with E-state index in [4.69, 9.17) is 5.73 Å². The van der Waals surface area contributed by atoms with Gasteiger partial charge in [0.25, 0.3) is 0 Å². The van der Waals surface area contributed by atoms with Crippen LogP contribution in [-0.2, 0) is 9.84 Å². The first kappa shape index (κ1) is 12.4. The molecule has 0 radical (unpaired) electrons. The summed E-state index contributed by atoms with van der Waals surface area (Å²) in [5.41, 5.74) is 6.80. The molecule has 18 heavy (non-hydrogen) atoms. The summed E-state index contributed by atoms with van der Waals surface area (Å²) in [6, 6.07) is 6.35. The molecule has 94 valence electrons. The molecule has 2 rings (SSSR count). The molecule has 6 nitrogen and oxygen atoms in total. The van der Waals surface area contributed by atoms with Crippen LogP contribution in [0.15, 0.2) is 35.5 Å². The lowest BCUT2D eigenvalue weighted by Crippen LogP contribution is -2.03. The highest BCUT2D eigenvalue weighted by Crippen LogP contribution is 2.22. The molecular weight excluding hydrogens is 252 g/mol. The summed E-state index contributed by atoms with van der Waals surface area (Å²) in [6.45, 7) is 1.60. The number of hydrogen-bond acceptors (Lipinski definition) is 6. The first-order valence-electron chi connectivity index (χ1n) is 5.31. The highest BCUT2D eigenvalue weighted by molar-refractivity contribution is 7.91. The van der Waals surface area contributed by atoms with Crippen molar-refractivity contribution >= 4 is 15.7 Å². The number of hydrogen-bond donors (Lipinski definition) is 1. The molecule has 0 aliphatic carbocycles. The summed E-state index contributed by atoms with van der Waals surface area (Å²) in [7, 11) is -3.19. The van der Waals surface area contributed by atoms with Gasteiger partial charge in [0.1, 0.15) is 12.0 Å². The fourth-order valence-corrected chi connectivity index (χ4v) is 2.36. The first-order chi connectivity index (χ1) is 8.54. The number of benzene rings is 1. The molecule has 0 saturated carbocycles. The smallest absolute Gasteiger partial charge is 0.178 e. The Morgan fingerprint density at radius 1 is 1.22 bits per heavy atom. The number of anilines is 1. The van der Waals surface area contributed by atoms with Crippen LogP contribution in [0.2, 0.25) is 0 Å². The average Bonchev–Trinajstić information content (AvgIpc) is 2.39. The molecule has 0 fully saturated rings. The maximum Gasteiger partial charge on any atom is 0.178 e. The minimum absolute atomic E-state index is 0.0706. The predicted molar refractivity (Wildman–Crippen MR) is 67.4 cm³/mol. The zero-order valence-corrected chi connectivity index (χ0v) is 10.6. The monoisotopic (exact) mass is 264 g/mol. The number of sulfone groups is 1. The van der Waals surface area contributed by atoms with E-state index in [0.717, 1.165) is 0 Å². The second-order valence-electron chi connectivity index (χ2n) is 3.62. The molecule has 1 heterocycles. The van der Waals surface area contributed by atoms with Crippen molar-refractivity contribution in [1.82, 2.24) is 15.2 Å². The lowest BCUT2D eigenvalue weighted by atomic mass is 10.1. The molecule has 2 N–H and O–H groups in total. The number of aromatic nitrogens is 3. The maximum atomic E-state index is 11.7. The van der Waals surface area contributed by atoms with Crippen molar-refractivity contribution < 1.29 is 8.42 Å². The van der Waals surface area contributed by atoms with E-state index in [0.29, 0.717) is 11.3 Å². The van der Waals surface area contributed by atoms with Gasteiger partial charge in [0, 0.05) is 5.56 Å². The Labute approximate surface area is 105 Å². The van der Waals surface area contributed by atoms with Gasteiger partial charge in [-0.2, -0.15) is 0 Å². The molecule has 1 aromatic heterocycles. The van der Waals surface area contributed by atoms with Crippen LogP contribution >= 0.6 is 0 Å². The van der Waals surface area contributed by atoms with E-state index < -0.39 is 9.84 Å². The molecule has 7 heteroatoms. The minimum Gasteiger partial charge on any atom is -0.382 e. The fraction of sp³-hybridized carbons (Fsp3) is 0.182. The Balaban J connectivity index is 2.43. The molecule has 0 aliphatic rings. The van der Waals surface area contributed by atoms with E-state index in [1.54, 1.807) is 19.1 Å². The fourth-order valence-electron chi connectivity index (χ4n) is 1.48. The van der Waals surface area contributed by atoms with Crippen molar-refractivity contribution in [3.05, 3.63) is 30.6 Å². The van der Waals surface area contributed by atoms with Gasteiger partial charge in [-0.25, -0.2) is 13.4 Å². The van der Waals surface area contributed by atoms with Gasteiger partial charge >= 0.3 is 0 Å². The molecule has 2 aromatic rings. The lowest BCUT2D eigenvalue weighted by molar-refractivity contribution is 0.597. The second-order valence-corrected chi connectivity index (χ2v) is 5.90. The molecule has 0 atom stereocenters. The number of nitrogen functional groups attached to an aromatic ring is 1. The Bertz CT molecular complexity index is 653. The van der Waals surface area contributed by atoms with E-state index in [-0.39, 0.29) is 16.5 Å². The van der Waals surface area contributed by atoms with Gasteiger partial charge in [-0.3, -0.25) is 0 Å². The first-order valence-corrected chi connectivity index (χ1v) is 6.96. The standard InChI is InChI=1S/C11H12N4O2S/c1-2-18(16,17)9-5-3-8(4-6-9)10-11(12)13-7-14-15-10/h3-7H,2H2,1H3,(H2,12,13,14). The summed E-state index contributed by atoms with van der Waals surface area (Å²) < 4.78 is 23.3. The normalized spacial score (nSPS) is 11.4. The van der Waals surface area contributed by atoms with Crippen LogP contribution in [0.4, 0.5) is 5.82 Å². The van der Waals surface area contributed by atoms with Gasteiger partial charge < -0.3 is 5.73 Å². The molecule has 0 bridgehead atoms. The van der Waals surface area contributed by atoms with Gasteiger partial charge in [-0.05, 0) is 12.1 Å². The SMILES string of the molecule is CCS(=O)(=O)c1ccc(-c2nncnc2N)cc1. The number of rotatable bonds is 3. The number of nitrogens with two attached hydrogens (primary N) is 1. The molecule has 0 spiro atoms. The lowest BCUT2D eigenvalue weighted by Gasteiger charge is -2.04. The quantitative estimate of drug-likeness (QED) is 0.884. The van der Waals surface area contributed by atoms with E-state index in [1.807, 2.05) is 0 Å². The van der Waals surface area contributed by atoms with Crippen LogP contribution in [0.25, 0.3) is 11.3 Å². The van der Waals surface area contributed by atoms with Gasteiger partial charge in [0.2, 0.25) is 0 Å². The van der Waals surface area contributed by atoms with Crippen LogP contribution in [0.1, 0.15) is 6.92 Å². The van der Waals surface area contributed by atoms with E-state index >= 15 is 0 Å². The van der Waals surface area contributed by atoms with Crippen molar-refractivity contribution in [3.63, 3.8) is 0 Å². The molecular formula is C11H12N4O2S. The maximum absolute atomic E-state index is 11.7. The Hall–Kier alpha value is -2.02. The Morgan fingerprint density at radius 2 is 1.89 bits per heavy atom. The summed E-state index contributed by atoms with van der Waals surface area (Å²) in [5.74, 6) is 0.331.